The van der Waals surface area contributed by atoms with Crippen molar-refractivity contribution in [3.8, 4) is 17.2 Å². The fourth-order valence-electron chi connectivity index (χ4n) is 3.71. The molecule has 1 amide bonds. The molecular weight excluding hydrogens is 420 g/mol. The highest BCUT2D eigenvalue weighted by Gasteiger charge is 2.24. The number of aromatic nitrogens is 4. The van der Waals surface area contributed by atoms with Crippen LogP contribution in [0.1, 0.15) is 6.92 Å². The van der Waals surface area contributed by atoms with Gasteiger partial charge in [0, 0.05) is 38.4 Å². The van der Waals surface area contributed by atoms with Crippen molar-refractivity contribution in [2.24, 2.45) is 0 Å². The summed E-state index contributed by atoms with van der Waals surface area (Å²) in [5.41, 5.74) is -0.671. The normalized spacial score (nSPS) is 15.3. The second-order valence-corrected chi connectivity index (χ2v) is 7.21. The van der Waals surface area contributed by atoms with Gasteiger partial charge in [-0.15, -0.1) is 0 Å². The highest BCUT2D eigenvalue weighted by atomic mass is 16.7. The summed E-state index contributed by atoms with van der Waals surface area (Å²) in [5.74, 6) is 1.38. The Hall–Kier alpha value is -4.09. The molecule has 4 heterocycles. The van der Waals surface area contributed by atoms with Crippen LogP contribution in [0.25, 0.3) is 16.7 Å². The van der Waals surface area contributed by atoms with Crippen molar-refractivity contribution in [2.45, 2.75) is 6.92 Å². The van der Waals surface area contributed by atoms with Crippen molar-refractivity contribution >= 4 is 23.1 Å². The molecule has 32 heavy (non-hydrogen) atoms. The summed E-state index contributed by atoms with van der Waals surface area (Å²) in [5, 5.41) is 0.177. The van der Waals surface area contributed by atoms with Crippen molar-refractivity contribution in [3.63, 3.8) is 0 Å². The molecule has 0 spiro atoms. The Morgan fingerprint density at radius 1 is 1.16 bits per heavy atom. The lowest BCUT2D eigenvalue weighted by Crippen LogP contribution is -2.49. The number of carbonyl (C=O) groups is 1. The van der Waals surface area contributed by atoms with E-state index in [9.17, 15) is 14.4 Å². The second-order valence-electron chi connectivity index (χ2n) is 7.21. The van der Waals surface area contributed by atoms with E-state index in [0.29, 0.717) is 55.9 Å². The minimum atomic E-state index is -0.627. The van der Waals surface area contributed by atoms with Gasteiger partial charge in [-0.25, -0.2) is 19.1 Å². The molecule has 3 aromatic rings. The average molecular weight is 440 g/mol. The maximum Gasteiger partial charge on any atom is 0.409 e. The summed E-state index contributed by atoms with van der Waals surface area (Å²) in [6, 6.07) is 4.82. The molecule has 0 unspecified atom stereocenters. The zero-order valence-corrected chi connectivity index (χ0v) is 17.2. The quantitative estimate of drug-likeness (QED) is 0.617. The smallest absolute Gasteiger partial charge is 0.409 e. The van der Waals surface area contributed by atoms with Gasteiger partial charge in [0.05, 0.1) is 12.3 Å². The molecule has 166 valence electrons. The van der Waals surface area contributed by atoms with Gasteiger partial charge in [0.25, 0.3) is 5.56 Å². The van der Waals surface area contributed by atoms with Gasteiger partial charge in [-0.2, -0.15) is 4.98 Å². The van der Waals surface area contributed by atoms with Gasteiger partial charge in [-0.05, 0) is 19.1 Å². The summed E-state index contributed by atoms with van der Waals surface area (Å²) >= 11 is 0. The standard InChI is InChI=1S/C20H20N6O6/c1-2-30-20(29)25-7-5-24(6-8-25)18-21-10-13-16(22-18)23-19(28)26(17(13)27)12-3-4-14-15(9-12)32-11-31-14/h3-4,9-10H,2,5-8,11H2,1H3,(H,21,22,23,28). The first-order valence-corrected chi connectivity index (χ1v) is 10.1. The number of amides is 1. The van der Waals surface area contributed by atoms with Gasteiger partial charge in [0.1, 0.15) is 5.39 Å². The van der Waals surface area contributed by atoms with Gasteiger partial charge in [0.2, 0.25) is 12.7 Å². The number of ether oxygens (including phenoxy) is 3. The molecule has 1 N–H and O–H groups in total. The Kier molecular flexibility index (Phi) is 4.88. The first kappa shape index (κ1) is 19.8. The fourth-order valence-corrected chi connectivity index (χ4v) is 3.71. The van der Waals surface area contributed by atoms with Crippen LogP contribution in [-0.4, -0.2) is 70.1 Å². The number of nitrogens with zero attached hydrogens (tertiary/aromatic N) is 5. The van der Waals surface area contributed by atoms with E-state index in [1.807, 2.05) is 4.90 Å². The lowest BCUT2D eigenvalue weighted by atomic mass is 10.2. The lowest BCUT2D eigenvalue weighted by Gasteiger charge is -2.33. The second kappa shape index (κ2) is 7.87. The number of hydrogen-bond acceptors (Lipinski definition) is 9. The molecule has 5 rings (SSSR count). The summed E-state index contributed by atoms with van der Waals surface area (Å²) in [6.07, 6.45) is 1.05. The number of hydrogen-bond donors (Lipinski definition) is 1. The third-order valence-corrected chi connectivity index (χ3v) is 5.34. The molecule has 2 aliphatic heterocycles. The lowest BCUT2D eigenvalue weighted by molar-refractivity contribution is 0.105. The molecule has 1 aromatic carbocycles. The number of carbonyl (C=O) groups excluding carboxylic acids is 1. The zero-order chi connectivity index (χ0) is 22.2. The largest absolute Gasteiger partial charge is 0.454 e. The van der Waals surface area contributed by atoms with Crippen molar-refractivity contribution < 1.29 is 19.0 Å². The van der Waals surface area contributed by atoms with Crippen LogP contribution >= 0.6 is 0 Å². The van der Waals surface area contributed by atoms with Crippen LogP contribution in [0.3, 0.4) is 0 Å². The van der Waals surface area contributed by atoms with E-state index in [1.165, 1.54) is 6.20 Å². The molecule has 1 fully saturated rings. The molecule has 12 nitrogen and oxygen atoms in total. The predicted octanol–water partition coefficient (Wildman–Crippen LogP) is 0.476. The van der Waals surface area contributed by atoms with Crippen LogP contribution in [0, 0.1) is 0 Å². The Balaban J connectivity index is 1.44. The minimum Gasteiger partial charge on any atom is -0.454 e. The number of rotatable bonds is 3. The first-order valence-electron chi connectivity index (χ1n) is 10.1. The first-order chi connectivity index (χ1) is 15.5. The maximum absolute atomic E-state index is 13.0. The van der Waals surface area contributed by atoms with Gasteiger partial charge >= 0.3 is 11.8 Å². The van der Waals surface area contributed by atoms with Crippen LogP contribution in [0.4, 0.5) is 10.7 Å². The number of nitrogens with one attached hydrogen (secondary N) is 1. The summed E-state index contributed by atoms with van der Waals surface area (Å²) in [6.45, 7) is 4.10. The Labute approximate surface area is 181 Å². The highest BCUT2D eigenvalue weighted by molar-refractivity contribution is 5.74. The number of piperazine rings is 1. The SMILES string of the molecule is CCOC(=O)N1CCN(c2ncc3c(=O)n(-c4ccc5c(c4)OCO5)c(=O)[nH]c3n2)CC1. The number of benzene rings is 1. The summed E-state index contributed by atoms with van der Waals surface area (Å²) < 4.78 is 16.6. The van der Waals surface area contributed by atoms with E-state index >= 15 is 0 Å². The third-order valence-electron chi connectivity index (χ3n) is 5.34. The van der Waals surface area contributed by atoms with E-state index in [-0.39, 0.29) is 23.9 Å². The topological polar surface area (TPSA) is 132 Å². The number of anilines is 1. The number of H-pyrrole nitrogens is 1. The maximum atomic E-state index is 13.0. The Morgan fingerprint density at radius 2 is 1.94 bits per heavy atom. The van der Waals surface area contributed by atoms with E-state index in [0.717, 1.165) is 4.57 Å². The third kappa shape index (κ3) is 3.39. The molecule has 0 saturated carbocycles. The summed E-state index contributed by atoms with van der Waals surface area (Å²) in [4.78, 5) is 52.5. The van der Waals surface area contributed by atoms with Crippen molar-refractivity contribution in [2.75, 3.05) is 44.5 Å². The van der Waals surface area contributed by atoms with Crippen LogP contribution in [-0.2, 0) is 4.74 Å². The molecule has 0 atom stereocenters. The van der Waals surface area contributed by atoms with Crippen molar-refractivity contribution in [1.29, 1.82) is 0 Å². The molecular formula is C20H20N6O6. The van der Waals surface area contributed by atoms with Crippen molar-refractivity contribution in [1.82, 2.24) is 24.4 Å². The van der Waals surface area contributed by atoms with Crippen LogP contribution in [0.15, 0.2) is 34.0 Å². The van der Waals surface area contributed by atoms with Gasteiger partial charge < -0.3 is 24.0 Å². The van der Waals surface area contributed by atoms with Gasteiger partial charge in [-0.1, -0.05) is 0 Å². The van der Waals surface area contributed by atoms with E-state index in [1.54, 1.807) is 30.0 Å². The molecule has 12 heteroatoms. The zero-order valence-electron chi connectivity index (χ0n) is 17.2. The van der Waals surface area contributed by atoms with E-state index < -0.39 is 11.2 Å². The molecule has 0 aliphatic carbocycles. The fraction of sp³-hybridized carbons (Fsp3) is 0.350. The van der Waals surface area contributed by atoms with Crippen molar-refractivity contribution in [3.05, 3.63) is 45.2 Å². The predicted molar refractivity (Wildman–Crippen MR) is 113 cm³/mol. The molecule has 1 saturated heterocycles. The highest BCUT2D eigenvalue weighted by Crippen LogP contribution is 2.33. The Morgan fingerprint density at radius 3 is 2.72 bits per heavy atom. The molecule has 2 aromatic heterocycles. The monoisotopic (exact) mass is 440 g/mol. The van der Waals surface area contributed by atoms with Crippen LogP contribution in [0.5, 0.6) is 11.5 Å². The van der Waals surface area contributed by atoms with Crippen LogP contribution in [0.2, 0.25) is 0 Å². The minimum absolute atomic E-state index is 0.0897. The molecule has 0 radical (unpaired) electrons. The van der Waals surface area contributed by atoms with Gasteiger partial charge in [-0.3, -0.25) is 9.78 Å². The number of aromatic amines is 1. The average Bonchev–Trinajstić information content (AvgIpc) is 3.27. The molecule has 2 aliphatic rings. The van der Waals surface area contributed by atoms with E-state index in [2.05, 4.69) is 15.0 Å². The molecule has 0 bridgehead atoms. The van der Waals surface area contributed by atoms with E-state index in [4.69, 9.17) is 14.2 Å². The van der Waals surface area contributed by atoms with Gasteiger partial charge in [0.15, 0.2) is 17.1 Å². The Bertz CT molecular complexity index is 1310. The summed E-state index contributed by atoms with van der Waals surface area (Å²) in [7, 11) is 0. The van der Waals surface area contributed by atoms with Crippen LogP contribution < -0.4 is 25.6 Å². The number of fused-ring (bicyclic) bond motifs is 2.